The summed E-state index contributed by atoms with van der Waals surface area (Å²) in [5.41, 5.74) is -0.0667. The number of carbonyl (C=O) groups is 1. The van der Waals surface area contributed by atoms with E-state index >= 15 is 0 Å². The first-order chi connectivity index (χ1) is 9.99. The summed E-state index contributed by atoms with van der Waals surface area (Å²) in [4.78, 5) is 25.5. The van der Waals surface area contributed by atoms with E-state index in [0.717, 1.165) is 0 Å². The number of rotatable bonds is 5. The van der Waals surface area contributed by atoms with E-state index in [0.29, 0.717) is 5.56 Å². The lowest BCUT2D eigenvalue weighted by Crippen LogP contribution is -2.17. The van der Waals surface area contributed by atoms with Crippen molar-refractivity contribution in [2.45, 2.75) is 12.3 Å². The fraction of sp³-hybridized carbons (Fsp3) is 0.143. The summed E-state index contributed by atoms with van der Waals surface area (Å²) in [6.07, 6.45) is 1.22. The van der Waals surface area contributed by atoms with Gasteiger partial charge in [-0.15, -0.1) is 0 Å². The number of hydrogen-bond acceptors (Lipinski definition) is 4. The first-order valence-electron chi connectivity index (χ1n) is 6.05. The topological polar surface area (TPSA) is 93.3 Å². The van der Waals surface area contributed by atoms with Crippen molar-refractivity contribution in [1.29, 1.82) is 0 Å². The Balaban J connectivity index is 2.41. The van der Waals surface area contributed by atoms with Crippen molar-refractivity contribution in [3.05, 3.63) is 69.8 Å². The van der Waals surface area contributed by atoms with Crippen LogP contribution in [0.25, 0.3) is 0 Å². The number of pyridine rings is 1. The molecule has 7 heteroatoms. The van der Waals surface area contributed by atoms with Crippen LogP contribution >= 0.6 is 0 Å². The van der Waals surface area contributed by atoms with Gasteiger partial charge in [-0.25, -0.2) is 4.39 Å². The Morgan fingerprint density at radius 1 is 1.38 bits per heavy atom. The maximum atomic E-state index is 13.2. The molecule has 0 saturated carbocycles. The third kappa shape index (κ3) is 3.38. The van der Waals surface area contributed by atoms with Crippen molar-refractivity contribution in [3.8, 4) is 0 Å². The molecule has 0 aliphatic heterocycles. The van der Waals surface area contributed by atoms with Crippen LogP contribution < -0.4 is 0 Å². The minimum atomic E-state index is -1.25. The number of aliphatic carboxylic acids is 1. The Kier molecular flexibility index (Phi) is 4.22. The highest BCUT2D eigenvalue weighted by Crippen LogP contribution is 2.27. The van der Waals surface area contributed by atoms with Crippen LogP contribution in [0.15, 0.2) is 42.6 Å². The SMILES string of the molecule is O=C(O)C(Cc1cccc(F)c1)c1ncccc1[N+](=O)[O-]. The van der Waals surface area contributed by atoms with Crippen LogP contribution in [0.1, 0.15) is 17.2 Å². The lowest BCUT2D eigenvalue weighted by molar-refractivity contribution is -0.386. The number of nitro groups is 1. The standard InChI is InChI=1S/C14H11FN2O4/c15-10-4-1-3-9(7-10)8-11(14(18)19)13-12(17(20)21)5-2-6-16-13/h1-7,11H,8H2,(H,18,19). The zero-order valence-corrected chi connectivity index (χ0v) is 10.8. The molecule has 2 rings (SSSR count). The van der Waals surface area contributed by atoms with Crippen LogP contribution in [0.3, 0.4) is 0 Å². The van der Waals surface area contributed by atoms with E-state index < -0.39 is 22.6 Å². The minimum absolute atomic E-state index is 0.0784. The van der Waals surface area contributed by atoms with Gasteiger partial charge in [-0.1, -0.05) is 12.1 Å². The quantitative estimate of drug-likeness (QED) is 0.674. The molecule has 0 spiro atoms. The molecule has 21 heavy (non-hydrogen) atoms. The Morgan fingerprint density at radius 3 is 2.76 bits per heavy atom. The summed E-state index contributed by atoms with van der Waals surface area (Å²) in [6.45, 7) is 0. The van der Waals surface area contributed by atoms with E-state index in [1.54, 1.807) is 6.07 Å². The van der Waals surface area contributed by atoms with Crippen LogP contribution in [0.2, 0.25) is 0 Å². The van der Waals surface area contributed by atoms with Gasteiger partial charge in [-0.05, 0) is 30.2 Å². The molecule has 1 aromatic heterocycles. The summed E-state index contributed by atoms with van der Waals surface area (Å²) in [7, 11) is 0. The average molecular weight is 290 g/mol. The zero-order chi connectivity index (χ0) is 15.4. The number of halogens is 1. The van der Waals surface area contributed by atoms with Crippen LogP contribution in [0.4, 0.5) is 10.1 Å². The Hall–Kier alpha value is -2.83. The minimum Gasteiger partial charge on any atom is -0.481 e. The van der Waals surface area contributed by atoms with Gasteiger partial charge >= 0.3 is 5.97 Å². The molecule has 108 valence electrons. The molecule has 1 N–H and O–H groups in total. The Bertz CT molecular complexity index is 690. The van der Waals surface area contributed by atoms with Gasteiger partial charge in [0.2, 0.25) is 0 Å². The van der Waals surface area contributed by atoms with Crippen LogP contribution in [0, 0.1) is 15.9 Å². The van der Waals surface area contributed by atoms with Gasteiger partial charge in [0.05, 0.1) is 4.92 Å². The van der Waals surface area contributed by atoms with Crippen LogP contribution in [0.5, 0.6) is 0 Å². The molecular weight excluding hydrogens is 279 g/mol. The number of carboxylic acids is 1. The Morgan fingerprint density at radius 2 is 2.14 bits per heavy atom. The largest absolute Gasteiger partial charge is 0.481 e. The van der Waals surface area contributed by atoms with Crippen molar-refractivity contribution in [2.75, 3.05) is 0 Å². The first kappa shape index (κ1) is 14.6. The van der Waals surface area contributed by atoms with Crippen molar-refractivity contribution < 1.29 is 19.2 Å². The van der Waals surface area contributed by atoms with Gasteiger partial charge in [-0.2, -0.15) is 0 Å². The van der Waals surface area contributed by atoms with E-state index in [2.05, 4.69) is 4.98 Å². The molecule has 0 bridgehead atoms. The molecule has 1 atom stereocenters. The van der Waals surface area contributed by atoms with Crippen molar-refractivity contribution in [3.63, 3.8) is 0 Å². The summed E-state index contributed by atoms with van der Waals surface area (Å²) in [5.74, 6) is -2.96. The number of benzene rings is 1. The molecule has 0 saturated heterocycles. The van der Waals surface area contributed by atoms with Gasteiger partial charge in [0.1, 0.15) is 17.4 Å². The summed E-state index contributed by atoms with van der Waals surface area (Å²) < 4.78 is 13.2. The highest BCUT2D eigenvalue weighted by molar-refractivity contribution is 5.77. The third-order valence-electron chi connectivity index (χ3n) is 2.97. The van der Waals surface area contributed by atoms with Gasteiger partial charge < -0.3 is 5.11 Å². The number of hydrogen-bond donors (Lipinski definition) is 1. The molecule has 0 fully saturated rings. The molecule has 0 aliphatic rings. The van der Waals surface area contributed by atoms with Crippen LogP contribution in [-0.2, 0) is 11.2 Å². The molecule has 2 aromatic rings. The molecule has 6 nitrogen and oxygen atoms in total. The number of aromatic nitrogens is 1. The molecular formula is C14H11FN2O4. The second kappa shape index (κ2) is 6.08. The lowest BCUT2D eigenvalue weighted by atomic mass is 9.94. The highest BCUT2D eigenvalue weighted by Gasteiger charge is 2.29. The number of carboxylic acid groups (broad SMARTS) is 1. The van der Waals surface area contributed by atoms with E-state index in [1.807, 2.05) is 0 Å². The molecule has 0 amide bonds. The summed E-state index contributed by atoms with van der Waals surface area (Å²) >= 11 is 0. The number of nitrogens with zero attached hydrogens (tertiary/aromatic N) is 2. The Labute approximate surface area is 119 Å². The summed E-state index contributed by atoms with van der Waals surface area (Å²) in [6, 6.07) is 8.02. The molecule has 1 heterocycles. The smallest absolute Gasteiger partial charge is 0.313 e. The van der Waals surface area contributed by atoms with E-state index in [-0.39, 0.29) is 17.8 Å². The highest BCUT2D eigenvalue weighted by atomic mass is 19.1. The average Bonchev–Trinajstić information content (AvgIpc) is 2.44. The fourth-order valence-electron chi connectivity index (χ4n) is 2.03. The second-order valence-electron chi connectivity index (χ2n) is 4.39. The first-order valence-corrected chi connectivity index (χ1v) is 6.05. The van der Waals surface area contributed by atoms with Gasteiger partial charge in [0, 0.05) is 12.3 Å². The normalized spacial score (nSPS) is 11.9. The fourth-order valence-corrected chi connectivity index (χ4v) is 2.03. The van der Waals surface area contributed by atoms with Crippen molar-refractivity contribution >= 4 is 11.7 Å². The van der Waals surface area contributed by atoms with Gasteiger partial charge in [0.25, 0.3) is 5.69 Å². The predicted octanol–water partition coefficient (Wildman–Crippen LogP) is 2.54. The van der Waals surface area contributed by atoms with E-state index in [9.17, 15) is 24.4 Å². The zero-order valence-electron chi connectivity index (χ0n) is 10.8. The van der Waals surface area contributed by atoms with Crippen molar-refractivity contribution in [2.24, 2.45) is 0 Å². The molecule has 0 radical (unpaired) electrons. The maximum Gasteiger partial charge on any atom is 0.313 e. The summed E-state index contributed by atoms with van der Waals surface area (Å²) in [5, 5.41) is 20.3. The lowest BCUT2D eigenvalue weighted by Gasteiger charge is -2.12. The van der Waals surface area contributed by atoms with Gasteiger partial charge in [0.15, 0.2) is 0 Å². The van der Waals surface area contributed by atoms with E-state index in [4.69, 9.17) is 0 Å². The van der Waals surface area contributed by atoms with Crippen LogP contribution in [-0.4, -0.2) is 21.0 Å². The molecule has 0 aliphatic carbocycles. The predicted molar refractivity (Wildman–Crippen MR) is 71.4 cm³/mol. The second-order valence-corrected chi connectivity index (χ2v) is 4.39. The van der Waals surface area contributed by atoms with Gasteiger partial charge in [-0.3, -0.25) is 19.9 Å². The molecule has 1 aromatic carbocycles. The molecule has 1 unspecified atom stereocenters. The maximum absolute atomic E-state index is 13.2. The van der Waals surface area contributed by atoms with E-state index in [1.165, 1.54) is 36.5 Å². The monoisotopic (exact) mass is 290 g/mol. The third-order valence-corrected chi connectivity index (χ3v) is 2.97. The van der Waals surface area contributed by atoms with Crippen molar-refractivity contribution in [1.82, 2.24) is 4.98 Å².